The molecule has 0 aliphatic carbocycles. The standard InChI is InChI=1S/C21H20O9/c1-26-21(25)18(29-20(24)14-10-6-3-7-11-14)17-16(15(22)12-27-30-17)28-19(23)13-8-4-2-5-9-13/h2-11,15-18,22H,12H2,1H3. The summed E-state index contributed by atoms with van der Waals surface area (Å²) in [5.41, 5.74) is 0.410. The third-order valence-corrected chi connectivity index (χ3v) is 4.35. The highest BCUT2D eigenvalue weighted by Crippen LogP contribution is 2.24. The number of esters is 3. The Morgan fingerprint density at radius 2 is 1.53 bits per heavy atom. The van der Waals surface area contributed by atoms with Crippen molar-refractivity contribution in [3.63, 3.8) is 0 Å². The van der Waals surface area contributed by atoms with E-state index in [0.717, 1.165) is 7.11 Å². The molecule has 30 heavy (non-hydrogen) atoms. The highest BCUT2D eigenvalue weighted by Gasteiger charge is 2.48. The van der Waals surface area contributed by atoms with Gasteiger partial charge < -0.3 is 19.3 Å². The van der Waals surface area contributed by atoms with Crippen LogP contribution < -0.4 is 0 Å². The van der Waals surface area contributed by atoms with Crippen molar-refractivity contribution in [2.45, 2.75) is 24.4 Å². The zero-order chi connectivity index (χ0) is 21.5. The van der Waals surface area contributed by atoms with Crippen LogP contribution in [0.3, 0.4) is 0 Å². The van der Waals surface area contributed by atoms with Crippen LogP contribution >= 0.6 is 0 Å². The SMILES string of the molecule is COC(=O)C(OC(=O)c1ccccc1)C1OOCC(O)C1OC(=O)c1ccccc1. The van der Waals surface area contributed by atoms with Crippen molar-refractivity contribution in [2.24, 2.45) is 0 Å². The molecule has 0 bridgehead atoms. The number of hydrogen-bond acceptors (Lipinski definition) is 9. The number of aliphatic hydroxyl groups is 1. The molecule has 1 N–H and O–H groups in total. The average molecular weight is 416 g/mol. The van der Waals surface area contributed by atoms with Crippen molar-refractivity contribution < 1.29 is 43.5 Å². The maximum Gasteiger partial charge on any atom is 0.350 e. The number of carbonyl (C=O) groups is 3. The first-order chi connectivity index (χ1) is 14.5. The molecule has 0 saturated carbocycles. The van der Waals surface area contributed by atoms with Gasteiger partial charge in [-0.15, -0.1) is 0 Å². The van der Waals surface area contributed by atoms with E-state index in [-0.39, 0.29) is 17.7 Å². The summed E-state index contributed by atoms with van der Waals surface area (Å²) < 4.78 is 15.3. The van der Waals surface area contributed by atoms with Crippen LogP contribution in [0.1, 0.15) is 20.7 Å². The molecule has 0 aromatic heterocycles. The summed E-state index contributed by atoms with van der Waals surface area (Å²) >= 11 is 0. The largest absolute Gasteiger partial charge is 0.466 e. The first-order valence-corrected chi connectivity index (χ1v) is 9.07. The van der Waals surface area contributed by atoms with Gasteiger partial charge in [0.05, 0.1) is 18.2 Å². The van der Waals surface area contributed by atoms with Crippen molar-refractivity contribution in [3.05, 3.63) is 71.8 Å². The van der Waals surface area contributed by atoms with Gasteiger partial charge in [-0.2, -0.15) is 0 Å². The topological polar surface area (TPSA) is 118 Å². The summed E-state index contributed by atoms with van der Waals surface area (Å²) in [6, 6.07) is 16.0. The monoisotopic (exact) mass is 416 g/mol. The molecule has 0 spiro atoms. The van der Waals surface area contributed by atoms with Gasteiger partial charge in [-0.3, -0.25) is 0 Å². The fourth-order valence-electron chi connectivity index (χ4n) is 2.81. The molecule has 1 aliphatic heterocycles. The number of hydrogen-bond donors (Lipinski definition) is 1. The summed E-state index contributed by atoms with van der Waals surface area (Å²) in [5.74, 6) is -2.56. The van der Waals surface area contributed by atoms with E-state index < -0.39 is 42.3 Å². The van der Waals surface area contributed by atoms with Crippen molar-refractivity contribution in [1.82, 2.24) is 0 Å². The fourth-order valence-corrected chi connectivity index (χ4v) is 2.81. The number of rotatable bonds is 6. The van der Waals surface area contributed by atoms with E-state index in [9.17, 15) is 19.5 Å². The predicted octanol–water partition coefficient (Wildman–Crippen LogP) is 1.30. The Morgan fingerprint density at radius 1 is 0.967 bits per heavy atom. The average Bonchev–Trinajstić information content (AvgIpc) is 2.79. The first kappa shape index (κ1) is 21.4. The first-order valence-electron chi connectivity index (χ1n) is 9.07. The van der Waals surface area contributed by atoms with Gasteiger partial charge in [0.1, 0.15) is 12.7 Å². The Balaban J connectivity index is 1.83. The van der Waals surface area contributed by atoms with Gasteiger partial charge in [0.25, 0.3) is 0 Å². The van der Waals surface area contributed by atoms with Gasteiger partial charge in [0, 0.05) is 0 Å². The van der Waals surface area contributed by atoms with Crippen molar-refractivity contribution in [1.29, 1.82) is 0 Å². The maximum absolute atomic E-state index is 12.5. The second kappa shape index (κ2) is 9.97. The van der Waals surface area contributed by atoms with Gasteiger partial charge >= 0.3 is 17.9 Å². The molecule has 1 fully saturated rings. The molecule has 1 aliphatic rings. The summed E-state index contributed by atoms with van der Waals surface area (Å²) in [5, 5.41) is 10.3. The molecule has 9 heteroatoms. The van der Waals surface area contributed by atoms with Gasteiger partial charge in [0.15, 0.2) is 12.2 Å². The lowest BCUT2D eigenvalue weighted by molar-refractivity contribution is -0.392. The zero-order valence-electron chi connectivity index (χ0n) is 16.0. The van der Waals surface area contributed by atoms with Crippen LogP contribution in [0, 0.1) is 0 Å². The molecule has 9 nitrogen and oxygen atoms in total. The quantitative estimate of drug-likeness (QED) is 0.422. The molecular weight excluding hydrogens is 396 g/mol. The van der Waals surface area contributed by atoms with Crippen LogP contribution in [0.25, 0.3) is 0 Å². The molecule has 4 atom stereocenters. The molecule has 0 amide bonds. The van der Waals surface area contributed by atoms with Crippen LogP contribution in [-0.4, -0.2) is 61.1 Å². The summed E-state index contributed by atoms with van der Waals surface area (Å²) in [6.45, 7) is -0.316. The number of benzene rings is 2. The van der Waals surface area contributed by atoms with Crippen molar-refractivity contribution in [3.8, 4) is 0 Å². The van der Waals surface area contributed by atoms with Crippen LogP contribution in [0.2, 0.25) is 0 Å². The van der Waals surface area contributed by atoms with Gasteiger partial charge in [-0.1, -0.05) is 36.4 Å². The molecular formula is C21H20O9. The van der Waals surface area contributed by atoms with E-state index in [4.69, 9.17) is 24.0 Å². The molecule has 0 radical (unpaired) electrons. The minimum Gasteiger partial charge on any atom is -0.466 e. The second-order valence-electron chi connectivity index (χ2n) is 6.36. The molecule has 4 unspecified atom stereocenters. The number of methoxy groups -OCH3 is 1. The fraction of sp³-hybridized carbons (Fsp3) is 0.286. The van der Waals surface area contributed by atoms with Crippen molar-refractivity contribution in [2.75, 3.05) is 13.7 Å². The highest BCUT2D eigenvalue weighted by molar-refractivity contribution is 5.92. The molecule has 158 valence electrons. The Bertz CT molecular complexity index is 869. The van der Waals surface area contributed by atoms with Gasteiger partial charge in [0.2, 0.25) is 6.10 Å². The third kappa shape index (κ3) is 5.01. The Hall–Kier alpha value is -3.27. The van der Waals surface area contributed by atoms with E-state index in [1.54, 1.807) is 36.4 Å². The van der Waals surface area contributed by atoms with E-state index in [1.165, 1.54) is 24.3 Å². The van der Waals surface area contributed by atoms with Crippen LogP contribution in [0.4, 0.5) is 0 Å². The highest BCUT2D eigenvalue weighted by atomic mass is 17.2. The summed E-state index contributed by atoms with van der Waals surface area (Å²) in [6.07, 6.45) is -5.81. The maximum atomic E-state index is 12.5. The summed E-state index contributed by atoms with van der Waals surface area (Å²) in [4.78, 5) is 47.2. The molecule has 1 heterocycles. The molecule has 3 rings (SSSR count). The van der Waals surface area contributed by atoms with Gasteiger partial charge in [-0.25, -0.2) is 24.2 Å². The van der Waals surface area contributed by atoms with E-state index in [2.05, 4.69) is 0 Å². The number of aliphatic hydroxyl groups excluding tert-OH is 1. The number of carbonyl (C=O) groups excluding carboxylic acids is 3. The lowest BCUT2D eigenvalue weighted by Gasteiger charge is -2.36. The normalized spacial score (nSPS) is 21.9. The molecule has 2 aromatic carbocycles. The smallest absolute Gasteiger partial charge is 0.350 e. The third-order valence-electron chi connectivity index (χ3n) is 4.35. The zero-order valence-corrected chi connectivity index (χ0v) is 16.0. The second-order valence-corrected chi connectivity index (χ2v) is 6.36. The Morgan fingerprint density at radius 3 is 2.10 bits per heavy atom. The van der Waals surface area contributed by atoms with Crippen LogP contribution in [0.5, 0.6) is 0 Å². The molecule has 2 aromatic rings. The van der Waals surface area contributed by atoms with Crippen LogP contribution in [-0.2, 0) is 28.8 Å². The van der Waals surface area contributed by atoms with Crippen LogP contribution in [0.15, 0.2) is 60.7 Å². The van der Waals surface area contributed by atoms with Gasteiger partial charge in [-0.05, 0) is 24.3 Å². The minimum absolute atomic E-state index is 0.182. The Kier molecular flexibility index (Phi) is 7.12. The lowest BCUT2D eigenvalue weighted by atomic mass is 10.0. The predicted molar refractivity (Wildman–Crippen MR) is 100 cm³/mol. The van der Waals surface area contributed by atoms with E-state index in [0.29, 0.717) is 0 Å². The summed E-state index contributed by atoms with van der Waals surface area (Å²) in [7, 11) is 1.09. The van der Waals surface area contributed by atoms with E-state index >= 15 is 0 Å². The van der Waals surface area contributed by atoms with E-state index in [1.807, 2.05) is 0 Å². The minimum atomic E-state index is -1.66. The lowest BCUT2D eigenvalue weighted by Crippen LogP contribution is -2.57. The Labute approximate surface area is 172 Å². The molecule has 1 saturated heterocycles. The number of ether oxygens (including phenoxy) is 3. The van der Waals surface area contributed by atoms with Crippen molar-refractivity contribution >= 4 is 17.9 Å².